The first-order chi connectivity index (χ1) is 14.1. The number of para-hydroxylation sites is 1. The highest BCUT2D eigenvalue weighted by atomic mass is 16.5. The van der Waals surface area contributed by atoms with Crippen LogP contribution in [0.1, 0.15) is 66.6 Å². The summed E-state index contributed by atoms with van der Waals surface area (Å²) in [4.78, 5) is 15.4. The second-order valence-corrected chi connectivity index (χ2v) is 8.66. The van der Waals surface area contributed by atoms with E-state index in [1.54, 1.807) is 0 Å². The molecule has 1 saturated heterocycles. The molecule has 4 rings (SSSR count). The molecule has 154 valence electrons. The van der Waals surface area contributed by atoms with E-state index in [4.69, 9.17) is 4.74 Å². The molecule has 2 aromatic rings. The van der Waals surface area contributed by atoms with Crippen LogP contribution in [0.2, 0.25) is 0 Å². The molecule has 4 nitrogen and oxygen atoms in total. The summed E-state index contributed by atoms with van der Waals surface area (Å²) >= 11 is 0. The van der Waals surface area contributed by atoms with Crippen LogP contribution in [0, 0.1) is 0 Å². The minimum absolute atomic E-state index is 0.00294. The Kier molecular flexibility index (Phi) is 5.91. The van der Waals surface area contributed by atoms with E-state index in [1.165, 1.54) is 18.4 Å². The standard InChI is InChI=1S/C25H32N2O2/c1-3-4-7-19-10-12-20(13-11-19)24(28)26-22-18-25(14-16-27(2)17-15-25)29-23-9-6-5-8-21(22)23/h5-6,8-13,22H,3-4,7,14-18H2,1-2H3,(H,26,28)/t22-/m1/s1. The second-order valence-electron chi connectivity index (χ2n) is 8.66. The maximum absolute atomic E-state index is 13.0. The van der Waals surface area contributed by atoms with Crippen molar-refractivity contribution in [2.75, 3.05) is 20.1 Å². The van der Waals surface area contributed by atoms with Gasteiger partial charge >= 0.3 is 0 Å². The first-order valence-corrected chi connectivity index (χ1v) is 10.9. The molecule has 29 heavy (non-hydrogen) atoms. The number of fused-ring (bicyclic) bond motifs is 1. The lowest BCUT2D eigenvalue weighted by Crippen LogP contribution is -2.51. The van der Waals surface area contributed by atoms with Crippen LogP contribution in [0.3, 0.4) is 0 Å². The Labute approximate surface area is 174 Å². The minimum Gasteiger partial charge on any atom is -0.487 e. The predicted octanol–water partition coefficient (Wildman–Crippen LogP) is 4.75. The molecule has 4 heteroatoms. The molecule has 0 radical (unpaired) electrons. The van der Waals surface area contributed by atoms with Gasteiger partial charge in [0.05, 0.1) is 6.04 Å². The van der Waals surface area contributed by atoms with Crippen molar-refractivity contribution < 1.29 is 9.53 Å². The van der Waals surface area contributed by atoms with Gasteiger partial charge in [0, 0.05) is 30.6 Å². The van der Waals surface area contributed by atoms with E-state index in [2.05, 4.69) is 42.4 Å². The molecule has 2 aliphatic rings. The number of nitrogens with one attached hydrogen (secondary N) is 1. The number of likely N-dealkylation sites (tertiary alicyclic amines) is 1. The number of carbonyl (C=O) groups excluding carboxylic acids is 1. The number of carbonyl (C=O) groups is 1. The quantitative estimate of drug-likeness (QED) is 0.799. The average molecular weight is 393 g/mol. The summed E-state index contributed by atoms with van der Waals surface area (Å²) in [6.07, 6.45) is 6.26. The molecule has 1 amide bonds. The van der Waals surface area contributed by atoms with E-state index in [9.17, 15) is 4.79 Å². The summed E-state index contributed by atoms with van der Waals surface area (Å²) in [5.74, 6) is 0.917. The second kappa shape index (κ2) is 8.58. The summed E-state index contributed by atoms with van der Waals surface area (Å²) in [6, 6.07) is 16.2. The van der Waals surface area contributed by atoms with Gasteiger partial charge in [-0.3, -0.25) is 4.79 Å². The van der Waals surface area contributed by atoms with Gasteiger partial charge in [-0.1, -0.05) is 43.7 Å². The summed E-state index contributed by atoms with van der Waals surface area (Å²) in [5, 5.41) is 3.30. The van der Waals surface area contributed by atoms with Crippen LogP contribution < -0.4 is 10.1 Å². The average Bonchev–Trinajstić information content (AvgIpc) is 2.75. The molecule has 0 bridgehead atoms. The van der Waals surface area contributed by atoms with Crippen molar-refractivity contribution in [3.63, 3.8) is 0 Å². The first-order valence-electron chi connectivity index (χ1n) is 10.9. The van der Waals surface area contributed by atoms with Crippen molar-refractivity contribution >= 4 is 5.91 Å². The predicted molar refractivity (Wildman–Crippen MR) is 116 cm³/mol. The minimum atomic E-state index is -0.178. The van der Waals surface area contributed by atoms with E-state index in [1.807, 2.05) is 30.3 Å². The van der Waals surface area contributed by atoms with Crippen molar-refractivity contribution in [1.29, 1.82) is 0 Å². The Balaban J connectivity index is 1.51. The van der Waals surface area contributed by atoms with Gasteiger partial charge in [0.15, 0.2) is 0 Å². The maximum Gasteiger partial charge on any atom is 0.251 e. The van der Waals surface area contributed by atoms with Gasteiger partial charge < -0.3 is 15.0 Å². The number of amides is 1. The van der Waals surface area contributed by atoms with Crippen molar-refractivity contribution in [1.82, 2.24) is 10.2 Å². The van der Waals surface area contributed by atoms with Crippen molar-refractivity contribution in [3.05, 3.63) is 65.2 Å². The van der Waals surface area contributed by atoms with Crippen LogP contribution in [-0.4, -0.2) is 36.5 Å². The van der Waals surface area contributed by atoms with Gasteiger partial charge in [0.25, 0.3) is 5.91 Å². The largest absolute Gasteiger partial charge is 0.487 e. The first kappa shape index (κ1) is 20.0. The van der Waals surface area contributed by atoms with Crippen LogP contribution in [0.4, 0.5) is 0 Å². The SMILES string of the molecule is CCCCc1ccc(C(=O)N[C@@H]2CC3(CCN(C)CC3)Oc3ccccc32)cc1. The van der Waals surface area contributed by atoms with Crippen LogP contribution in [0.25, 0.3) is 0 Å². The number of hydrogen-bond acceptors (Lipinski definition) is 3. The van der Waals surface area contributed by atoms with E-state index >= 15 is 0 Å². The fourth-order valence-electron chi connectivity index (χ4n) is 4.52. The molecular formula is C25H32N2O2. The number of benzene rings is 2. The number of rotatable bonds is 5. The third kappa shape index (κ3) is 4.48. The van der Waals surface area contributed by atoms with Gasteiger partial charge in [-0.25, -0.2) is 0 Å². The summed E-state index contributed by atoms with van der Waals surface area (Å²) < 4.78 is 6.50. The maximum atomic E-state index is 13.0. The fourth-order valence-corrected chi connectivity index (χ4v) is 4.52. The topological polar surface area (TPSA) is 41.6 Å². The van der Waals surface area contributed by atoms with Crippen LogP contribution in [0.5, 0.6) is 5.75 Å². The highest BCUT2D eigenvalue weighted by Gasteiger charge is 2.43. The molecule has 1 spiro atoms. The Morgan fingerprint density at radius 2 is 1.86 bits per heavy atom. The highest BCUT2D eigenvalue weighted by molar-refractivity contribution is 5.94. The molecule has 1 atom stereocenters. The van der Waals surface area contributed by atoms with Gasteiger partial charge in [-0.15, -0.1) is 0 Å². The number of nitrogens with zero attached hydrogens (tertiary/aromatic N) is 1. The van der Waals surface area contributed by atoms with Gasteiger partial charge in [-0.2, -0.15) is 0 Å². The van der Waals surface area contributed by atoms with E-state index < -0.39 is 0 Å². The lowest BCUT2D eigenvalue weighted by molar-refractivity contribution is -0.0195. The lowest BCUT2D eigenvalue weighted by Gasteiger charge is -2.46. The molecule has 0 aromatic heterocycles. The zero-order valence-corrected chi connectivity index (χ0v) is 17.6. The molecule has 0 saturated carbocycles. The molecule has 0 aliphatic carbocycles. The number of ether oxygens (including phenoxy) is 1. The van der Waals surface area contributed by atoms with Crippen molar-refractivity contribution in [2.45, 2.75) is 57.1 Å². The van der Waals surface area contributed by atoms with Gasteiger partial charge in [-0.05, 0) is 56.5 Å². The summed E-state index contributed by atoms with van der Waals surface area (Å²) in [7, 11) is 2.16. The number of unbranched alkanes of at least 4 members (excludes halogenated alkanes) is 1. The molecule has 2 aromatic carbocycles. The Bertz CT molecular complexity index is 838. The molecule has 0 unspecified atom stereocenters. The van der Waals surface area contributed by atoms with Crippen LogP contribution in [0.15, 0.2) is 48.5 Å². The Morgan fingerprint density at radius 3 is 2.59 bits per heavy atom. The third-order valence-electron chi connectivity index (χ3n) is 6.44. The number of piperidine rings is 1. The van der Waals surface area contributed by atoms with E-state index in [-0.39, 0.29) is 17.6 Å². The van der Waals surface area contributed by atoms with Crippen molar-refractivity contribution in [2.24, 2.45) is 0 Å². The number of aryl methyl sites for hydroxylation is 1. The van der Waals surface area contributed by atoms with Crippen LogP contribution >= 0.6 is 0 Å². The lowest BCUT2D eigenvalue weighted by atomic mass is 9.80. The van der Waals surface area contributed by atoms with Gasteiger partial charge in [0.2, 0.25) is 0 Å². The zero-order valence-electron chi connectivity index (χ0n) is 17.6. The molecular weight excluding hydrogens is 360 g/mol. The summed E-state index contributed by atoms with van der Waals surface area (Å²) in [6.45, 7) is 4.26. The zero-order chi connectivity index (χ0) is 20.3. The molecule has 2 heterocycles. The number of hydrogen-bond donors (Lipinski definition) is 1. The van der Waals surface area contributed by atoms with Crippen molar-refractivity contribution in [3.8, 4) is 5.75 Å². The monoisotopic (exact) mass is 392 g/mol. The molecule has 2 aliphatic heterocycles. The third-order valence-corrected chi connectivity index (χ3v) is 6.44. The van der Waals surface area contributed by atoms with Gasteiger partial charge in [0.1, 0.15) is 11.4 Å². The van der Waals surface area contributed by atoms with E-state index in [0.717, 1.165) is 55.6 Å². The highest BCUT2D eigenvalue weighted by Crippen LogP contribution is 2.44. The smallest absolute Gasteiger partial charge is 0.251 e. The Morgan fingerprint density at radius 1 is 1.14 bits per heavy atom. The molecule has 1 N–H and O–H groups in total. The van der Waals surface area contributed by atoms with E-state index in [0.29, 0.717) is 0 Å². The summed E-state index contributed by atoms with van der Waals surface area (Å²) in [5.41, 5.74) is 2.93. The fraction of sp³-hybridized carbons (Fsp3) is 0.480. The van der Waals surface area contributed by atoms with Crippen LogP contribution in [-0.2, 0) is 6.42 Å². The molecule has 1 fully saturated rings. The normalized spacial score (nSPS) is 20.7. The Hall–Kier alpha value is -2.33.